The van der Waals surface area contributed by atoms with Gasteiger partial charge in [-0.3, -0.25) is 9.59 Å². The van der Waals surface area contributed by atoms with Crippen LogP contribution < -0.4 is 16.4 Å². The lowest BCUT2D eigenvalue weighted by Crippen LogP contribution is -2.51. The number of anilines is 1. The molecule has 1 fully saturated rings. The van der Waals surface area contributed by atoms with Crippen molar-refractivity contribution in [2.24, 2.45) is 11.7 Å². The summed E-state index contributed by atoms with van der Waals surface area (Å²) in [4.78, 5) is 36.1. The number of nitrogens with two attached hydrogens (primary N) is 1. The zero-order chi connectivity index (χ0) is 23.3. The summed E-state index contributed by atoms with van der Waals surface area (Å²) in [5.74, 6) is -1.33. The van der Waals surface area contributed by atoms with Gasteiger partial charge in [0, 0.05) is 11.6 Å². The Balaban J connectivity index is 1.52. The number of benzene rings is 2. The fourth-order valence-electron chi connectivity index (χ4n) is 4.02. The summed E-state index contributed by atoms with van der Waals surface area (Å²) < 4.78 is 0. The first-order chi connectivity index (χ1) is 15.2. The van der Waals surface area contributed by atoms with E-state index in [9.17, 15) is 19.5 Å². The third kappa shape index (κ3) is 5.73. The van der Waals surface area contributed by atoms with Crippen LogP contribution in [-0.4, -0.2) is 28.4 Å². The van der Waals surface area contributed by atoms with Gasteiger partial charge in [0.05, 0.1) is 0 Å². The van der Waals surface area contributed by atoms with Crippen molar-refractivity contribution in [3.8, 4) is 0 Å². The number of nitrogens with one attached hydrogen (secondary N) is 2. The summed E-state index contributed by atoms with van der Waals surface area (Å²) in [6.07, 6.45) is 3.15. The van der Waals surface area contributed by atoms with E-state index in [0.29, 0.717) is 11.6 Å². The minimum absolute atomic E-state index is 0.164. The quantitative estimate of drug-likeness (QED) is 0.527. The lowest BCUT2D eigenvalue weighted by molar-refractivity contribution is -0.146. The number of carboxylic acids is 1. The number of rotatable bonds is 7. The van der Waals surface area contributed by atoms with Crippen LogP contribution in [0.25, 0.3) is 0 Å². The molecule has 1 aliphatic rings. The van der Waals surface area contributed by atoms with E-state index < -0.39 is 17.6 Å². The highest BCUT2D eigenvalue weighted by Crippen LogP contribution is 2.36. The summed E-state index contributed by atoms with van der Waals surface area (Å²) in [6, 6.07) is 16.3. The average Bonchev–Trinajstić information content (AvgIpc) is 2.79. The maximum absolute atomic E-state index is 12.4. The molecule has 170 valence electrons. The first kappa shape index (κ1) is 23.5. The topological polar surface area (TPSA) is 122 Å². The molecule has 0 saturated heterocycles. The lowest BCUT2D eigenvalue weighted by Gasteiger charge is -2.30. The molecule has 3 rings (SSSR count). The normalized spacial score (nSPS) is 19.6. The first-order valence-electron chi connectivity index (χ1n) is 10.9. The Morgan fingerprint density at radius 2 is 1.56 bits per heavy atom. The maximum atomic E-state index is 12.4. The molecular weight excluding hydrogens is 406 g/mol. The highest BCUT2D eigenvalue weighted by molar-refractivity contribution is 5.95. The highest BCUT2D eigenvalue weighted by Gasteiger charge is 2.33. The second-order valence-electron chi connectivity index (χ2n) is 8.97. The summed E-state index contributed by atoms with van der Waals surface area (Å²) in [6.45, 7) is 2.98. The maximum Gasteiger partial charge on any atom is 0.328 e. The van der Waals surface area contributed by atoms with Gasteiger partial charge in [-0.05, 0) is 68.7 Å². The number of hydrogen-bond acceptors (Lipinski definition) is 4. The van der Waals surface area contributed by atoms with Crippen LogP contribution in [0.1, 0.15) is 62.6 Å². The smallest absolute Gasteiger partial charge is 0.328 e. The van der Waals surface area contributed by atoms with Crippen molar-refractivity contribution < 1.29 is 19.5 Å². The van der Waals surface area contributed by atoms with Crippen molar-refractivity contribution in [3.63, 3.8) is 0 Å². The monoisotopic (exact) mass is 437 g/mol. The minimum atomic E-state index is -1.27. The molecule has 0 radical (unpaired) electrons. The number of aliphatic carboxylic acids is 1. The Labute approximate surface area is 188 Å². The van der Waals surface area contributed by atoms with E-state index in [1.165, 1.54) is 19.4 Å². The number of amides is 2. The van der Waals surface area contributed by atoms with Crippen molar-refractivity contribution >= 4 is 23.5 Å². The second kappa shape index (κ2) is 9.96. The van der Waals surface area contributed by atoms with E-state index in [-0.39, 0.29) is 17.7 Å². The molecular formula is C25H31N3O4. The van der Waals surface area contributed by atoms with E-state index in [1.54, 1.807) is 0 Å². The van der Waals surface area contributed by atoms with Gasteiger partial charge >= 0.3 is 5.97 Å². The van der Waals surface area contributed by atoms with Crippen LogP contribution in [0, 0.1) is 5.92 Å². The van der Waals surface area contributed by atoms with Crippen LogP contribution in [0.3, 0.4) is 0 Å². The SMILES string of the molecule is CC(C)(NC(=O)C1CCC(c2ccc(NC(=O)C(N)c3ccccc3)cc2)CC1)C(=O)O. The van der Waals surface area contributed by atoms with E-state index in [4.69, 9.17) is 5.73 Å². The molecule has 0 heterocycles. The summed E-state index contributed by atoms with van der Waals surface area (Å²) in [5.41, 5.74) is 7.40. The molecule has 2 aromatic rings. The van der Waals surface area contributed by atoms with Crippen LogP contribution >= 0.6 is 0 Å². The molecule has 2 amide bonds. The van der Waals surface area contributed by atoms with E-state index in [1.807, 2.05) is 54.6 Å². The highest BCUT2D eigenvalue weighted by atomic mass is 16.4. The zero-order valence-corrected chi connectivity index (χ0v) is 18.5. The molecule has 1 aliphatic carbocycles. The van der Waals surface area contributed by atoms with Crippen LogP contribution in [-0.2, 0) is 14.4 Å². The second-order valence-corrected chi connectivity index (χ2v) is 8.97. The molecule has 2 aromatic carbocycles. The van der Waals surface area contributed by atoms with E-state index in [2.05, 4.69) is 10.6 Å². The molecule has 1 atom stereocenters. The minimum Gasteiger partial charge on any atom is -0.480 e. The molecule has 1 unspecified atom stereocenters. The molecule has 0 spiro atoms. The fraction of sp³-hybridized carbons (Fsp3) is 0.400. The van der Waals surface area contributed by atoms with Gasteiger partial charge in [-0.15, -0.1) is 0 Å². The lowest BCUT2D eigenvalue weighted by atomic mass is 9.78. The van der Waals surface area contributed by atoms with Crippen molar-refractivity contribution in [2.45, 2.75) is 57.0 Å². The number of hydrogen-bond donors (Lipinski definition) is 4. The van der Waals surface area contributed by atoms with E-state index in [0.717, 1.165) is 31.2 Å². The van der Waals surface area contributed by atoms with Gasteiger partial charge in [-0.2, -0.15) is 0 Å². The molecule has 7 nitrogen and oxygen atoms in total. The Kier molecular flexibility index (Phi) is 7.30. The molecule has 5 N–H and O–H groups in total. The van der Waals surface area contributed by atoms with Crippen LogP contribution in [0.4, 0.5) is 5.69 Å². The van der Waals surface area contributed by atoms with Crippen LogP contribution in [0.2, 0.25) is 0 Å². The van der Waals surface area contributed by atoms with Crippen molar-refractivity contribution in [3.05, 3.63) is 65.7 Å². The Morgan fingerprint density at radius 1 is 0.969 bits per heavy atom. The predicted octanol–water partition coefficient (Wildman–Crippen LogP) is 3.58. The average molecular weight is 438 g/mol. The molecule has 0 aliphatic heterocycles. The number of carbonyl (C=O) groups is 3. The molecule has 0 bridgehead atoms. The van der Waals surface area contributed by atoms with Gasteiger partial charge in [0.25, 0.3) is 0 Å². The van der Waals surface area contributed by atoms with Gasteiger partial charge in [0.1, 0.15) is 11.6 Å². The van der Waals surface area contributed by atoms with Crippen molar-refractivity contribution in [1.82, 2.24) is 5.32 Å². The fourth-order valence-corrected chi connectivity index (χ4v) is 4.02. The molecule has 7 heteroatoms. The van der Waals surface area contributed by atoms with Gasteiger partial charge in [0.15, 0.2) is 0 Å². The number of carboxylic acid groups (broad SMARTS) is 1. The van der Waals surface area contributed by atoms with Gasteiger partial charge in [-0.25, -0.2) is 4.79 Å². The Morgan fingerprint density at radius 3 is 2.12 bits per heavy atom. The van der Waals surface area contributed by atoms with Crippen LogP contribution in [0.5, 0.6) is 0 Å². The van der Waals surface area contributed by atoms with Crippen molar-refractivity contribution in [1.29, 1.82) is 0 Å². The third-order valence-electron chi connectivity index (χ3n) is 6.16. The first-order valence-corrected chi connectivity index (χ1v) is 10.9. The predicted molar refractivity (Wildman–Crippen MR) is 123 cm³/mol. The molecule has 32 heavy (non-hydrogen) atoms. The van der Waals surface area contributed by atoms with Gasteiger partial charge < -0.3 is 21.5 Å². The van der Waals surface area contributed by atoms with E-state index >= 15 is 0 Å². The standard InChI is InChI=1S/C25H31N3O4/c1-25(2,24(31)32)28-22(29)19-10-8-16(9-11-19)17-12-14-20(15-13-17)27-23(30)21(26)18-6-4-3-5-7-18/h3-7,12-16,19,21H,8-11,26H2,1-2H3,(H,27,30)(H,28,29)(H,31,32). The summed E-state index contributed by atoms with van der Waals surface area (Å²) in [5, 5.41) is 14.7. The van der Waals surface area contributed by atoms with Crippen LogP contribution in [0.15, 0.2) is 54.6 Å². The summed E-state index contributed by atoms with van der Waals surface area (Å²) >= 11 is 0. The number of carbonyl (C=O) groups excluding carboxylic acids is 2. The third-order valence-corrected chi connectivity index (χ3v) is 6.16. The van der Waals surface area contributed by atoms with Gasteiger partial charge in [-0.1, -0.05) is 42.5 Å². The molecule has 1 saturated carbocycles. The largest absolute Gasteiger partial charge is 0.480 e. The molecule has 0 aromatic heterocycles. The Bertz CT molecular complexity index is 949. The summed E-state index contributed by atoms with van der Waals surface area (Å²) in [7, 11) is 0. The van der Waals surface area contributed by atoms with Crippen molar-refractivity contribution in [2.75, 3.05) is 5.32 Å². The van der Waals surface area contributed by atoms with Gasteiger partial charge in [0.2, 0.25) is 11.8 Å². The zero-order valence-electron chi connectivity index (χ0n) is 18.5. The Hall–Kier alpha value is -3.19.